The van der Waals surface area contributed by atoms with Crippen molar-refractivity contribution in [2.24, 2.45) is 5.16 Å². The Morgan fingerprint density at radius 3 is 2.81 bits per heavy atom. The molecule has 0 amide bonds. The summed E-state index contributed by atoms with van der Waals surface area (Å²) in [6, 6.07) is 3.19. The first-order valence-corrected chi connectivity index (χ1v) is 4.80. The number of rotatable bonds is 2. The summed E-state index contributed by atoms with van der Waals surface area (Å²) in [6.45, 7) is 5.34. The summed E-state index contributed by atoms with van der Waals surface area (Å²) in [6.07, 6.45) is 2.60. The number of carbonyl (C=O) groups is 1. The second-order valence-electron chi connectivity index (χ2n) is 4.18. The third kappa shape index (κ3) is 3.34. The Bertz CT molecular complexity index is 408. The number of nitrogens with zero attached hydrogens (tertiary/aromatic N) is 2. The number of carbonyl (C=O) groups excluding carboxylic acids is 1. The third-order valence-electron chi connectivity index (χ3n) is 1.64. The molecule has 0 unspecified atom stereocenters. The molecule has 0 fully saturated rings. The number of pyridine rings is 1. The smallest absolute Gasteiger partial charge is 0.340 e. The molecular weight excluding hydrogens is 208 g/mol. The molecular formula is C11H14N2O3. The number of ether oxygens (including phenoxy) is 1. The van der Waals surface area contributed by atoms with Gasteiger partial charge in [-0.25, -0.2) is 4.79 Å². The highest BCUT2D eigenvalue weighted by atomic mass is 16.6. The van der Waals surface area contributed by atoms with E-state index in [9.17, 15) is 4.79 Å². The first-order valence-electron chi connectivity index (χ1n) is 4.80. The minimum atomic E-state index is -0.569. The molecule has 0 aliphatic rings. The van der Waals surface area contributed by atoms with Gasteiger partial charge in [-0.2, -0.15) is 0 Å². The fraction of sp³-hybridized carbons (Fsp3) is 0.364. The lowest BCUT2D eigenvalue weighted by molar-refractivity contribution is 0.00690. The van der Waals surface area contributed by atoms with Crippen molar-refractivity contribution in [2.75, 3.05) is 0 Å². The minimum absolute atomic E-state index is 0.273. The van der Waals surface area contributed by atoms with E-state index in [1.807, 2.05) is 0 Å². The molecule has 1 N–H and O–H groups in total. The quantitative estimate of drug-likeness (QED) is 0.358. The highest BCUT2D eigenvalue weighted by molar-refractivity contribution is 5.98. The van der Waals surface area contributed by atoms with Crippen molar-refractivity contribution < 1.29 is 14.7 Å². The van der Waals surface area contributed by atoms with Crippen LogP contribution in [0.3, 0.4) is 0 Å². The van der Waals surface area contributed by atoms with Crippen LogP contribution in [0, 0.1) is 0 Å². The molecule has 0 radical (unpaired) electrons. The summed E-state index contributed by atoms with van der Waals surface area (Å²) in [5, 5.41) is 11.3. The van der Waals surface area contributed by atoms with Gasteiger partial charge in [0.05, 0.1) is 17.5 Å². The van der Waals surface area contributed by atoms with Crippen LogP contribution in [-0.4, -0.2) is 28.0 Å². The Morgan fingerprint density at radius 1 is 1.56 bits per heavy atom. The lowest BCUT2D eigenvalue weighted by atomic mass is 10.1. The van der Waals surface area contributed by atoms with Crippen molar-refractivity contribution in [1.29, 1.82) is 0 Å². The summed E-state index contributed by atoms with van der Waals surface area (Å²) in [5.74, 6) is -0.490. The van der Waals surface area contributed by atoms with Gasteiger partial charge in [0.2, 0.25) is 0 Å². The first-order chi connectivity index (χ1) is 7.44. The van der Waals surface area contributed by atoms with Gasteiger partial charge in [0.15, 0.2) is 0 Å². The predicted molar refractivity (Wildman–Crippen MR) is 58.8 cm³/mol. The predicted octanol–water partition coefficient (Wildman–Crippen LogP) is 1.84. The highest BCUT2D eigenvalue weighted by Crippen LogP contribution is 2.13. The van der Waals surface area contributed by atoms with Gasteiger partial charge in [0.1, 0.15) is 5.60 Å². The van der Waals surface area contributed by atoms with E-state index in [1.165, 1.54) is 6.20 Å². The molecule has 16 heavy (non-hydrogen) atoms. The molecule has 1 aromatic heterocycles. The number of esters is 1. The zero-order valence-corrected chi connectivity index (χ0v) is 9.47. The molecule has 0 saturated heterocycles. The van der Waals surface area contributed by atoms with Crippen LogP contribution >= 0.6 is 0 Å². The molecule has 0 saturated carbocycles. The van der Waals surface area contributed by atoms with E-state index < -0.39 is 11.6 Å². The second-order valence-corrected chi connectivity index (χ2v) is 4.18. The molecule has 0 aliphatic heterocycles. The van der Waals surface area contributed by atoms with Crippen molar-refractivity contribution in [3.8, 4) is 0 Å². The van der Waals surface area contributed by atoms with Gasteiger partial charge in [0.25, 0.3) is 0 Å². The van der Waals surface area contributed by atoms with Crippen LogP contribution in [0.4, 0.5) is 0 Å². The Labute approximate surface area is 93.8 Å². The van der Waals surface area contributed by atoms with Crippen LogP contribution in [0.2, 0.25) is 0 Å². The molecule has 1 rings (SSSR count). The second kappa shape index (κ2) is 4.74. The van der Waals surface area contributed by atoms with Gasteiger partial charge < -0.3 is 9.94 Å². The van der Waals surface area contributed by atoms with E-state index in [4.69, 9.17) is 9.94 Å². The van der Waals surface area contributed by atoms with Crippen molar-refractivity contribution >= 4 is 12.2 Å². The van der Waals surface area contributed by atoms with E-state index in [-0.39, 0.29) is 11.3 Å². The zero-order chi connectivity index (χ0) is 12.2. The SMILES string of the molecule is CC(C)(C)OC(=O)c1cccnc1/C=N/O. The molecule has 5 heteroatoms. The van der Waals surface area contributed by atoms with E-state index in [1.54, 1.807) is 32.9 Å². The maximum atomic E-state index is 11.8. The van der Waals surface area contributed by atoms with E-state index >= 15 is 0 Å². The Hall–Kier alpha value is -1.91. The van der Waals surface area contributed by atoms with E-state index in [0.29, 0.717) is 0 Å². The van der Waals surface area contributed by atoms with Crippen molar-refractivity contribution in [3.63, 3.8) is 0 Å². The molecule has 0 aromatic carbocycles. The number of aromatic nitrogens is 1. The number of hydrogen-bond acceptors (Lipinski definition) is 5. The van der Waals surface area contributed by atoms with E-state index in [2.05, 4.69) is 10.1 Å². The average Bonchev–Trinajstić information content (AvgIpc) is 2.16. The number of oxime groups is 1. The Kier molecular flexibility index (Phi) is 3.60. The molecule has 0 spiro atoms. The van der Waals surface area contributed by atoms with Crippen molar-refractivity contribution in [1.82, 2.24) is 4.98 Å². The zero-order valence-electron chi connectivity index (χ0n) is 9.47. The van der Waals surface area contributed by atoms with Gasteiger partial charge in [-0.15, -0.1) is 0 Å². The monoisotopic (exact) mass is 222 g/mol. The maximum Gasteiger partial charge on any atom is 0.340 e. The summed E-state index contributed by atoms with van der Waals surface area (Å²) < 4.78 is 5.19. The van der Waals surface area contributed by atoms with E-state index in [0.717, 1.165) is 6.21 Å². The standard InChI is InChI=1S/C11H14N2O3/c1-11(2,3)16-10(14)8-5-4-6-12-9(8)7-13-15/h4-7,15H,1-3H3/b13-7+. The highest BCUT2D eigenvalue weighted by Gasteiger charge is 2.20. The van der Waals surface area contributed by atoms with Crippen LogP contribution in [-0.2, 0) is 4.74 Å². The fourth-order valence-electron chi connectivity index (χ4n) is 1.08. The number of hydrogen-bond donors (Lipinski definition) is 1. The lowest BCUT2D eigenvalue weighted by Gasteiger charge is -2.19. The molecule has 5 nitrogen and oxygen atoms in total. The summed E-state index contributed by atoms with van der Waals surface area (Å²) in [5.41, 5.74) is -0.0185. The van der Waals surface area contributed by atoms with Crippen LogP contribution < -0.4 is 0 Å². The van der Waals surface area contributed by atoms with Crippen LogP contribution in [0.15, 0.2) is 23.5 Å². The maximum absolute atomic E-state index is 11.8. The van der Waals surface area contributed by atoms with Gasteiger partial charge >= 0.3 is 5.97 Å². The van der Waals surface area contributed by atoms with Crippen LogP contribution in [0.25, 0.3) is 0 Å². The largest absolute Gasteiger partial charge is 0.456 e. The normalized spacial score (nSPS) is 11.7. The van der Waals surface area contributed by atoms with Crippen molar-refractivity contribution in [2.45, 2.75) is 26.4 Å². The topological polar surface area (TPSA) is 71.8 Å². The first kappa shape index (κ1) is 12.2. The average molecular weight is 222 g/mol. The fourth-order valence-corrected chi connectivity index (χ4v) is 1.08. The Balaban J connectivity index is 2.99. The summed E-state index contributed by atoms with van der Waals surface area (Å²) >= 11 is 0. The van der Waals surface area contributed by atoms with Crippen LogP contribution in [0.1, 0.15) is 36.8 Å². The molecule has 0 aliphatic carbocycles. The van der Waals surface area contributed by atoms with Gasteiger partial charge in [-0.1, -0.05) is 5.16 Å². The molecule has 1 heterocycles. The third-order valence-corrected chi connectivity index (χ3v) is 1.64. The minimum Gasteiger partial charge on any atom is -0.456 e. The lowest BCUT2D eigenvalue weighted by Crippen LogP contribution is -2.24. The molecule has 0 bridgehead atoms. The Morgan fingerprint density at radius 2 is 2.25 bits per heavy atom. The van der Waals surface area contributed by atoms with Gasteiger partial charge in [-0.05, 0) is 32.9 Å². The summed E-state index contributed by atoms with van der Waals surface area (Å²) in [7, 11) is 0. The van der Waals surface area contributed by atoms with Gasteiger partial charge in [-0.3, -0.25) is 4.98 Å². The van der Waals surface area contributed by atoms with Crippen LogP contribution in [0.5, 0.6) is 0 Å². The summed E-state index contributed by atoms with van der Waals surface area (Å²) in [4.78, 5) is 15.7. The van der Waals surface area contributed by atoms with Crippen molar-refractivity contribution in [3.05, 3.63) is 29.6 Å². The van der Waals surface area contributed by atoms with Gasteiger partial charge in [0, 0.05) is 6.20 Å². The molecule has 86 valence electrons. The molecule has 1 aromatic rings. The molecule has 0 atom stereocenters.